The molecule has 1 heterocycles. The lowest BCUT2D eigenvalue weighted by Gasteiger charge is -2.27. The summed E-state index contributed by atoms with van der Waals surface area (Å²) < 4.78 is 4.97. The number of esters is 1. The van der Waals surface area contributed by atoms with Gasteiger partial charge in [-0.05, 0) is 57.1 Å². The standard InChI is InChI=1S/C16H23NO2/c1-2-19-16(18)11-8-13-6-9-14(10-7-13)15-5-3-4-12-17-15/h3-5,12-14H,2,6-11H2,1H3. The Balaban J connectivity index is 1.72. The van der Waals surface area contributed by atoms with Gasteiger partial charge in [-0.3, -0.25) is 9.78 Å². The molecule has 1 aliphatic rings. The molecular weight excluding hydrogens is 238 g/mol. The number of hydrogen-bond acceptors (Lipinski definition) is 3. The molecule has 0 amide bonds. The summed E-state index contributed by atoms with van der Waals surface area (Å²) in [6, 6.07) is 6.16. The van der Waals surface area contributed by atoms with Crippen LogP contribution in [0.4, 0.5) is 0 Å². The molecule has 1 aromatic rings. The maximum absolute atomic E-state index is 11.3. The lowest BCUT2D eigenvalue weighted by molar-refractivity contribution is -0.143. The topological polar surface area (TPSA) is 39.2 Å². The zero-order valence-corrected chi connectivity index (χ0v) is 11.7. The van der Waals surface area contributed by atoms with Gasteiger partial charge in [0.05, 0.1) is 6.61 Å². The Morgan fingerprint density at radius 3 is 2.74 bits per heavy atom. The van der Waals surface area contributed by atoms with Crippen molar-refractivity contribution in [2.75, 3.05) is 6.61 Å². The fraction of sp³-hybridized carbons (Fsp3) is 0.625. The summed E-state index contributed by atoms with van der Waals surface area (Å²) in [6.45, 7) is 2.35. The Labute approximate surface area is 115 Å². The summed E-state index contributed by atoms with van der Waals surface area (Å²) in [5, 5.41) is 0. The van der Waals surface area contributed by atoms with Crippen molar-refractivity contribution in [1.29, 1.82) is 0 Å². The molecule has 1 aliphatic carbocycles. The molecule has 0 N–H and O–H groups in total. The Morgan fingerprint density at radius 1 is 1.32 bits per heavy atom. The molecule has 0 aliphatic heterocycles. The first-order valence-electron chi connectivity index (χ1n) is 7.36. The van der Waals surface area contributed by atoms with E-state index in [1.165, 1.54) is 31.4 Å². The van der Waals surface area contributed by atoms with Crippen molar-refractivity contribution in [2.45, 2.75) is 51.4 Å². The monoisotopic (exact) mass is 261 g/mol. The Bertz CT molecular complexity index is 383. The molecule has 0 spiro atoms. The highest BCUT2D eigenvalue weighted by atomic mass is 16.5. The molecule has 0 saturated heterocycles. The van der Waals surface area contributed by atoms with Crippen molar-refractivity contribution in [3.63, 3.8) is 0 Å². The zero-order chi connectivity index (χ0) is 13.5. The van der Waals surface area contributed by atoms with Crippen molar-refractivity contribution < 1.29 is 9.53 Å². The normalized spacial score (nSPS) is 23.0. The molecule has 1 saturated carbocycles. The predicted octanol–water partition coefficient (Wildman–Crippen LogP) is 3.70. The number of nitrogens with zero attached hydrogens (tertiary/aromatic N) is 1. The molecule has 0 bridgehead atoms. The third kappa shape index (κ3) is 4.34. The summed E-state index contributed by atoms with van der Waals surface area (Å²) in [6.07, 6.45) is 8.25. The van der Waals surface area contributed by atoms with E-state index in [0.717, 1.165) is 6.42 Å². The van der Waals surface area contributed by atoms with E-state index in [1.54, 1.807) is 0 Å². The number of carbonyl (C=O) groups is 1. The third-order valence-corrected chi connectivity index (χ3v) is 4.01. The minimum atomic E-state index is -0.0469. The van der Waals surface area contributed by atoms with Crippen LogP contribution in [-0.4, -0.2) is 17.6 Å². The van der Waals surface area contributed by atoms with Gasteiger partial charge >= 0.3 is 5.97 Å². The van der Waals surface area contributed by atoms with Gasteiger partial charge in [-0.15, -0.1) is 0 Å². The van der Waals surface area contributed by atoms with Crippen molar-refractivity contribution in [3.8, 4) is 0 Å². The van der Waals surface area contributed by atoms with Crippen LogP contribution in [0.15, 0.2) is 24.4 Å². The van der Waals surface area contributed by atoms with Gasteiger partial charge in [0.1, 0.15) is 0 Å². The van der Waals surface area contributed by atoms with Crippen molar-refractivity contribution >= 4 is 5.97 Å². The molecule has 0 unspecified atom stereocenters. The Hall–Kier alpha value is -1.38. The fourth-order valence-corrected chi connectivity index (χ4v) is 2.92. The van der Waals surface area contributed by atoms with Gasteiger partial charge in [0.2, 0.25) is 0 Å². The second kappa shape index (κ2) is 7.27. The summed E-state index contributed by atoms with van der Waals surface area (Å²) in [4.78, 5) is 15.8. The maximum Gasteiger partial charge on any atom is 0.305 e. The van der Waals surface area contributed by atoms with Crippen LogP contribution in [0.25, 0.3) is 0 Å². The van der Waals surface area contributed by atoms with Gasteiger partial charge < -0.3 is 4.74 Å². The second-order valence-electron chi connectivity index (χ2n) is 5.32. The first-order chi connectivity index (χ1) is 9.29. The van der Waals surface area contributed by atoms with Crippen molar-refractivity contribution in [3.05, 3.63) is 30.1 Å². The van der Waals surface area contributed by atoms with E-state index in [-0.39, 0.29) is 5.97 Å². The van der Waals surface area contributed by atoms with Gasteiger partial charge in [-0.25, -0.2) is 0 Å². The number of pyridine rings is 1. The van der Waals surface area contributed by atoms with E-state index in [9.17, 15) is 4.79 Å². The van der Waals surface area contributed by atoms with E-state index in [4.69, 9.17) is 4.74 Å². The summed E-state index contributed by atoms with van der Waals surface area (Å²) >= 11 is 0. The molecular formula is C16H23NO2. The summed E-state index contributed by atoms with van der Waals surface area (Å²) in [5.74, 6) is 1.25. The van der Waals surface area contributed by atoms with Gasteiger partial charge in [0.15, 0.2) is 0 Å². The molecule has 0 aromatic carbocycles. The van der Waals surface area contributed by atoms with E-state index in [2.05, 4.69) is 17.1 Å². The average Bonchev–Trinajstić information content (AvgIpc) is 2.47. The highest BCUT2D eigenvalue weighted by Crippen LogP contribution is 2.36. The predicted molar refractivity (Wildman–Crippen MR) is 74.8 cm³/mol. The van der Waals surface area contributed by atoms with Crippen LogP contribution < -0.4 is 0 Å². The number of ether oxygens (including phenoxy) is 1. The van der Waals surface area contributed by atoms with Crippen LogP contribution in [0.1, 0.15) is 57.1 Å². The molecule has 104 valence electrons. The van der Waals surface area contributed by atoms with Crippen LogP contribution in [0.5, 0.6) is 0 Å². The van der Waals surface area contributed by atoms with Crippen molar-refractivity contribution in [1.82, 2.24) is 4.98 Å². The lowest BCUT2D eigenvalue weighted by Crippen LogP contribution is -2.15. The third-order valence-electron chi connectivity index (χ3n) is 4.01. The average molecular weight is 261 g/mol. The van der Waals surface area contributed by atoms with E-state index >= 15 is 0 Å². The first-order valence-corrected chi connectivity index (χ1v) is 7.36. The number of rotatable bonds is 5. The highest BCUT2D eigenvalue weighted by molar-refractivity contribution is 5.69. The van der Waals surface area contributed by atoms with Crippen LogP contribution in [0.2, 0.25) is 0 Å². The van der Waals surface area contributed by atoms with Crippen LogP contribution in [-0.2, 0) is 9.53 Å². The minimum Gasteiger partial charge on any atom is -0.466 e. The minimum absolute atomic E-state index is 0.0469. The summed E-state index contributed by atoms with van der Waals surface area (Å²) in [7, 11) is 0. The Kier molecular flexibility index (Phi) is 5.37. The number of carbonyl (C=O) groups excluding carboxylic acids is 1. The quantitative estimate of drug-likeness (QED) is 0.759. The van der Waals surface area contributed by atoms with Gasteiger partial charge in [-0.1, -0.05) is 6.07 Å². The molecule has 2 rings (SSSR count). The highest BCUT2D eigenvalue weighted by Gasteiger charge is 2.23. The number of aromatic nitrogens is 1. The van der Waals surface area contributed by atoms with E-state index in [1.807, 2.05) is 19.2 Å². The first kappa shape index (κ1) is 14.0. The van der Waals surface area contributed by atoms with Gasteiger partial charge in [0.25, 0.3) is 0 Å². The van der Waals surface area contributed by atoms with Crippen LogP contribution in [0, 0.1) is 5.92 Å². The molecule has 3 heteroatoms. The van der Waals surface area contributed by atoms with Crippen LogP contribution in [0.3, 0.4) is 0 Å². The second-order valence-corrected chi connectivity index (χ2v) is 5.32. The maximum atomic E-state index is 11.3. The zero-order valence-electron chi connectivity index (χ0n) is 11.7. The SMILES string of the molecule is CCOC(=O)CCC1CCC(c2ccccn2)CC1. The smallest absolute Gasteiger partial charge is 0.305 e. The van der Waals surface area contributed by atoms with E-state index < -0.39 is 0 Å². The molecule has 1 aromatic heterocycles. The van der Waals surface area contributed by atoms with E-state index in [0.29, 0.717) is 24.9 Å². The van der Waals surface area contributed by atoms with Crippen molar-refractivity contribution in [2.24, 2.45) is 5.92 Å². The fourth-order valence-electron chi connectivity index (χ4n) is 2.92. The lowest BCUT2D eigenvalue weighted by atomic mass is 9.78. The molecule has 3 nitrogen and oxygen atoms in total. The van der Waals surface area contributed by atoms with Gasteiger partial charge in [-0.2, -0.15) is 0 Å². The molecule has 1 fully saturated rings. The molecule has 0 radical (unpaired) electrons. The van der Waals surface area contributed by atoms with Crippen LogP contribution >= 0.6 is 0 Å². The largest absolute Gasteiger partial charge is 0.466 e. The number of hydrogen-bond donors (Lipinski definition) is 0. The Morgan fingerprint density at radius 2 is 2.11 bits per heavy atom. The molecule has 0 atom stereocenters. The molecule has 19 heavy (non-hydrogen) atoms. The van der Waals surface area contributed by atoms with Gasteiger partial charge in [0, 0.05) is 24.2 Å². The summed E-state index contributed by atoms with van der Waals surface area (Å²) in [5.41, 5.74) is 1.23.